The van der Waals surface area contributed by atoms with Crippen LogP contribution in [0.3, 0.4) is 0 Å². The summed E-state index contributed by atoms with van der Waals surface area (Å²) in [5, 5.41) is 0. The van der Waals surface area contributed by atoms with E-state index in [1.165, 1.54) is 12.3 Å². The van der Waals surface area contributed by atoms with Crippen LogP contribution >= 0.6 is 0 Å². The molecule has 0 bridgehead atoms. The molecule has 4 heteroatoms. The second-order valence-electron chi connectivity index (χ2n) is 2.58. The first kappa shape index (κ1) is 9.38. The van der Waals surface area contributed by atoms with Crippen molar-refractivity contribution in [3.05, 3.63) is 35.9 Å². The van der Waals surface area contributed by atoms with E-state index in [2.05, 4.69) is 0 Å². The fourth-order valence-corrected chi connectivity index (χ4v) is 0.765. The molecule has 1 rings (SSSR count). The summed E-state index contributed by atoms with van der Waals surface area (Å²) in [6.07, 6.45) is 2.75. The molecule has 2 N–H and O–H groups in total. The lowest BCUT2D eigenvalue weighted by Crippen LogP contribution is -2.03. The van der Waals surface area contributed by atoms with Gasteiger partial charge in [-0.25, -0.2) is 4.79 Å². The number of carbonyl (C=O) groups is 1. The molecule has 0 amide bonds. The first-order chi connectivity index (χ1) is 6.18. The van der Waals surface area contributed by atoms with Crippen LogP contribution in [0.5, 0.6) is 0 Å². The highest BCUT2D eigenvalue weighted by Crippen LogP contribution is 2.02. The maximum absolute atomic E-state index is 10.9. The molecule has 1 heterocycles. The number of allylic oxidation sites excluding steroid dienone is 1. The van der Waals surface area contributed by atoms with Gasteiger partial charge in [-0.2, -0.15) is 0 Å². The Balaban J connectivity index is 2.35. The molecule has 70 valence electrons. The van der Waals surface area contributed by atoms with E-state index >= 15 is 0 Å². The van der Waals surface area contributed by atoms with Gasteiger partial charge in [0.25, 0.3) is 0 Å². The number of ether oxygens (including phenoxy) is 1. The topological polar surface area (TPSA) is 65.5 Å². The zero-order chi connectivity index (χ0) is 9.68. The number of esters is 1. The average molecular weight is 181 g/mol. The molecule has 1 aromatic rings. The van der Waals surface area contributed by atoms with Gasteiger partial charge in [-0.1, -0.05) is 0 Å². The summed E-state index contributed by atoms with van der Waals surface area (Å²) in [6.45, 7) is 1.75. The maximum Gasteiger partial charge on any atom is 0.332 e. The van der Waals surface area contributed by atoms with Gasteiger partial charge in [0, 0.05) is 11.8 Å². The highest BCUT2D eigenvalue weighted by Gasteiger charge is 2.00. The van der Waals surface area contributed by atoms with Crippen LogP contribution < -0.4 is 5.73 Å². The van der Waals surface area contributed by atoms with Crippen LogP contribution in [0.15, 0.2) is 34.6 Å². The Morgan fingerprint density at radius 3 is 3.08 bits per heavy atom. The second kappa shape index (κ2) is 4.35. The van der Waals surface area contributed by atoms with Crippen LogP contribution in [-0.2, 0) is 16.1 Å². The van der Waals surface area contributed by atoms with Gasteiger partial charge in [0.05, 0.1) is 6.26 Å². The normalized spacial score (nSPS) is 11.3. The minimum atomic E-state index is -0.462. The van der Waals surface area contributed by atoms with Gasteiger partial charge in [0.2, 0.25) is 0 Å². The molecule has 0 aliphatic heterocycles. The number of hydrogen-bond donors (Lipinski definition) is 1. The number of rotatable bonds is 3. The SMILES string of the molecule is C/C(N)=C/C(=O)OCc1ccco1. The molecule has 0 saturated carbocycles. The van der Waals surface area contributed by atoms with E-state index in [1.54, 1.807) is 19.1 Å². The van der Waals surface area contributed by atoms with E-state index in [0.717, 1.165) is 0 Å². The average Bonchev–Trinajstić information content (AvgIpc) is 2.51. The Hall–Kier alpha value is -1.71. The fourth-order valence-electron chi connectivity index (χ4n) is 0.765. The lowest BCUT2D eigenvalue weighted by Gasteiger charge is -1.98. The predicted molar refractivity (Wildman–Crippen MR) is 46.4 cm³/mol. The number of nitrogens with two attached hydrogens (primary N) is 1. The van der Waals surface area contributed by atoms with Crippen LogP contribution in [0.1, 0.15) is 12.7 Å². The molecule has 0 aromatic carbocycles. The molecule has 13 heavy (non-hydrogen) atoms. The Kier molecular flexibility index (Phi) is 3.14. The minimum absolute atomic E-state index is 0.135. The Bertz CT molecular complexity index is 297. The fraction of sp³-hybridized carbons (Fsp3) is 0.222. The Morgan fingerprint density at radius 2 is 2.54 bits per heavy atom. The van der Waals surface area contributed by atoms with E-state index in [9.17, 15) is 4.79 Å². The van der Waals surface area contributed by atoms with Crippen LogP contribution in [-0.4, -0.2) is 5.97 Å². The molecule has 0 saturated heterocycles. The van der Waals surface area contributed by atoms with Crippen molar-refractivity contribution < 1.29 is 13.9 Å². The quantitative estimate of drug-likeness (QED) is 0.561. The molecule has 0 fully saturated rings. The lowest BCUT2D eigenvalue weighted by atomic mass is 10.4. The van der Waals surface area contributed by atoms with Crippen molar-refractivity contribution in [1.29, 1.82) is 0 Å². The minimum Gasteiger partial charge on any atom is -0.466 e. The van der Waals surface area contributed by atoms with Gasteiger partial charge in [-0.15, -0.1) is 0 Å². The summed E-state index contributed by atoms with van der Waals surface area (Å²) in [5.74, 6) is 0.146. The molecular weight excluding hydrogens is 170 g/mol. The highest BCUT2D eigenvalue weighted by molar-refractivity contribution is 5.82. The summed E-state index contributed by atoms with van der Waals surface area (Å²) in [4.78, 5) is 10.9. The van der Waals surface area contributed by atoms with Crippen molar-refractivity contribution in [2.45, 2.75) is 13.5 Å². The predicted octanol–water partition coefficient (Wildman–Crippen LogP) is 1.19. The largest absolute Gasteiger partial charge is 0.466 e. The molecule has 0 radical (unpaired) electrons. The summed E-state index contributed by atoms with van der Waals surface area (Å²) >= 11 is 0. The van der Waals surface area contributed by atoms with Crippen molar-refractivity contribution in [3.8, 4) is 0 Å². The summed E-state index contributed by atoms with van der Waals surface area (Å²) < 4.78 is 9.77. The van der Waals surface area contributed by atoms with Crippen molar-refractivity contribution in [3.63, 3.8) is 0 Å². The molecule has 1 aromatic heterocycles. The van der Waals surface area contributed by atoms with Gasteiger partial charge in [-0.05, 0) is 19.1 Å². The van der Waals surface area contributed by atoms with Crippen molar-refractivity contribution in [1.82, 2.24) is 0 Å². The third-order valence-corrected chi connectivity index (χ3v) is 1.28. The van der Waals surface area contributed by atoms with Gasteiger partial charge in [0.1, 0.15) is 12.4 Å². The standard InChI is InChI=1S/C9H11NO3/c1-7(10)5-9(11)13-6-8-3-2-4-12-8/h2-5H,6,10H2,1H3/b7-5-. The lowest BCUT2D eigenvalue weighted by molar-refractivity contribution is -0.139. The van der Waals surface area contributed by atoms with Crippen molar-refractivity contribution >= 4 is 5.97 Å². The number of hydrogen-bond acceptors (Lipinski definition) is 4. The molecule has 4 nitrogen and oxygen atoms in total. The van der Waals surface area contributed by atoms with Gasteiger partial charge < -0.3 is 14.9 Å². The van der Waals surface area contributed by atoms with E-state index in [1.807, 2.05) is 0 Å². The molecule has 0 atom stereocenters. The van der Waals surface area contributed by atoms with E-state index in [-0.39, 0.29) is 6.61 Å². The third-order valence-electron chi connectivity index (χ3n) is 1.28. The molecular formula is C9H11NO3. The first-order valence-electron chi connectivity index (χ1n) is 3.81. The molecule has 0 aliphatic carbocycles. The van der Waals surface area contributed by atoms with E-state index in [4.69, 9.17) is 14.9 Å². The third kappa shape index (κ3) is 3.46. The molecule has 0 aliphatic rings. The highest BCUT2D eigenvalue weighted by atomic mass is 16.5. The van der Waals surface area contributed by atoms with E-state index in [0.29, 0.717) is 11.5 Å². The summed E-state index contributed by atoms with van der Waals surface area (Å²) in [7, 11) is 0. The maximum atomic E-state index is 10.9. The van der Waals surface area contributed by atoms with E-state index < -0.39 is 5.97 Å². The van der Waals surface area contributed by atoms with Gasteiger partial charge >= 0.3 is 5.97 Å². The first-order valence-corrected chi connectivity index (χ1v) is 3.81. The van der Waals surface area contributed by atoms with Gasteiger partial charge in [0.15, 0.2) is 0 Å². The van der Waals surface area contributed by atoms with Crippen molar-refractivity contribution in [2.24, 2.45) is 5.73 Å². The molecule has 0 unspecified atom stereocenters. The smallest absolute Gasteiger partial charge is 0.332 e. The van der Waals surface area contributed by atoms with Gasteiger partial charge in [-0.3, -0.25) is 0 Å². The Morgan fingerprint density at radius 1 is 1.77 bits per heavy atom. The zero-order valence-electron chi connectivity index (χ0n) is 7.32. The second-order valence-corrected chi connectivity index (χ2v) is 2.58. The zero-order valence-corrected chi connectivity index (χ0v) is 7.32. The van der Waals surface area contributed by atoms with Crippen LogP contribution in [0.2, 0.25) is 0 Å². The molecule has 0 spiro atoms. The van der Waals surface area contributed by atoms with Crippen LogP contribution in [0.25, 0.3) is 0 Å². The number of carbonyl (C=O) groups excluding carboxylic acids is 1. The Labute approximate surface area is 76.0 Å². The summed E-state index contributed by atoms with van der Waals surface area (Å²) in [6, 6.07) is 3.46. The summed E-state index contributed by atoms with van der Waals surface area (Å²) in [5.41, 5.74) is 5.70. The van der Waals surface area contributed by atoms with Crippen molar-refractivity contribution in [2.75, 3.05) is 0 Å². The monoisotopic (exact) mass is 181 g/mol. The van der Waals surface area contributed by atoms with Crippen LogP contribution in [0.4, 0.5) is 0 Å². The number of furan rings is 1. The van der Waals surface area contributed by atoms with Crippen LogP contribution in [0, 0.1) is 0 Å².